The smallest absolute Gasteiger partial charge is 0.338 e. The molecule has 2 rings (SSSR count). The normalized spacial score (nSPS) is 15.7. The molecule has 0 N–H and O–H groups in total. The van der Waals surface area contributed by atoms with E-state index in [1.54, 1.807) is 0 Å². The van der Waals surface area contributed by atoms with E-state index in [-0.39, 0.29) is 23.1 Å². The van der Waals surface area contributed by atoms with Gasteiger partial charge >= 0.3 is 11.7 Å². The van der Waals surface area contributed by atoms with Gasteiger partial charge in [0.1, 0.15) is 6.10 Å². The van der Waals surface area contributed by atoms with Crippen LogP contribution in [0.15, 0.2) is 18.2 Å². The summed E-state index contributed by atoms with van der Waals surface area (Å²) in [6.07, 6.45) is 4.94. The zero-order chi connectivity index (χ0) is 14.5. The highest BCUT2D eigenvalue weighted by Gasteiger charge is 2.22. The van der Waals surface area contributed by atoms with Crippen molar-refractivity contribution in [3.8, 4) is 5.75 Å². The lowest BCUT2D eigenvalue weighted by Crippen LogP contribution is -2.21. The first-order valence-corrected chi connectivity index (χ1v) is 6.65. The number of ether oxygens (including phenoxy) is 2. The SMILES string of the molecule is COc1ccc(C(=O)OC2CCCCC2)cc1[N+](=O)[O-]. The van der Waals surface area contributed by atoms with Gasteiger partial charge in [0.15, 0.2) is 5.75 Å². The maximum Gasteiger partial charge on any atom is 0.338 e. The van der Waals surface area contributed by atoms with Gasteiger partial charge in [-0.1, -0.05) is 6.42 Å². The van der Waals surface area contributed by atoms with Crippen molar-refractivity contribution in [2.45, 2.75) is 38.2 Å². The first-order chi connectivity index (χ1) is 9.61. The molecule has 0 saturated heterocycles. The molecule has 1 aliphatic carbocycles. The zero-order valence-corrected chi connectivity index (χ0v) is 11.3. The Balaban J connectivity index is 2.13. The van der Waals surface area contributed by atoms with Crippen LogP contribution in [0.3, 0.4) is 0 Å². The average molecular weight is 279 g/mol. The van der Waals surface area contributed by atoms with Gasteiger partial charge in [-0.25, -0.2) is 4.79 Å². The average Bonchev–Trinajstić information content (AvgIpc) is 2.47. The number of hydrogen-bond donors (Lipinski definition) is 0. The molecule has 0 amide bonds. The van der Waals surface area contributed by atoms with E-state index in [2.05, 4.69) is 0 Å². The molecule has 0 heterocycles. The molecule has 20 heavy (non-hydrogen) atoms. The molecular weight excluding hydrogens is 262 g/mol. The van der Waals surface area contributed by atoms with Crippen LogP contribution in [-0.4, -0.2) is 24.1 Å². The van der Waals surface area contributed by atoms with Crippen molar-refractivity contribution in [3.63, 3.8) is 0 Å². The fourth-order valence-corrected chi connectivity index (χ4v) is 2.36. The van der Waals surface area contributed by atoms with Gasteiger partial charge in [0.25, 0.3) is 0 Å². The van der Waals surface area contributed by atoms with E-state index in [1.165, 1.54) is 31.7 Å². The number of esters is 1. The summed E-state index contributed by atoms with van der Waals surface area (Å²) >= 11 is 0. The second-order valence-electron chi connectivity index (χ2n) is 4.81. The Labute approximate surface area is 116 Å². The first kappa shape index (κ1) is 14.3. The lowest BCUT2D eigenvalue weighted by molar-refractivity contribution is -0.385. The molecule has 1 aromatic carbocycles. The molecule has 108 valence electrons. The minimum atomic E-state index is -0.573. The summed E-state index contributed by atoms with van der Waals surface area (Å²) in [6, 6.07) is 4.09. The third kappa shape index (κ3) is 3.26. The minimum Gasteiger partial charge on any atom is -0.490 e. The summed E-state index contributed by atoms with van der Waals surface area (Å²) in [6.45, 7) is 0. The molecular formula is C14H17NO5. The maximum absolute atomic E-state index is 12.0. The van der Waals surface area contributed by atoms with Crippen molar-refractivity contribution in [1.29, 1.82) is 0 Å². The van der Waals surface area contributed by atoms with Crippen molar-refractivity contribution in [2.24, 2.45) is 0 Å². The predicted octanol–water partition coefficient (Wildman–Crippen LogP) is 3.09. The van der Waals surface area contributed by atoms with E-state index in [4.69, 9.17) is 9.47 Å². The first-order valence-electron chi connectivity index (χ1n) is 6.65. The largest absolute Gasteiger partial charge is 0.490 e. The van der Waals surface area contributed by atoms with E-state index in [9.17, 15) is 14.9 Å². The molecule has 0 unspecified atom stereocenters. The number of carbonyl (C=O) groups is 1. The molecule has 0 aromatic heterocycles. The number of nitro benzene ring substituents is 1. The van der Waals surface area contributed by atoms with E-state index in [1.807, 2.05) is 0 Å². The Hall–Kier alpha value is -2.11. The summed E-state index contributed by atoms with van der Waals surface area (Å²) in [5, 5.41) is 10.9. The van der Waals surface area contributed by atoms with Crippen molar-refractivity contribution >= 4 is 11.7 Å². The van der Waals surface area contributed by atoms with Crippen LogP contribution in [0.1, 0.15) is 42.5 Å². The zero-order valence-electron chi connectivity index (χ0n) is 11.3. The number of carbonyl (C=O) groups excluding carboxylic acids is 1. The molecule has 6 nitrogen and oxygen atoms in total. The highest BCUT2D eigenvalue weighted by atomic mass is 16.6. The Kier molecular flexibility index (Phi) is 4.55. The van der Waals surface area contributed by atoms with E-state index in [0.29, 0.717) is 0 Å². The van der Waals surface area contributed by atoms with Crippen LogP contribution >= 0.6 is 0 Å². The Morgan fingerprint density at radius 2 is 2.00 bits per heavy atom. The van der Waals surface area contributed by atoms with Gasteiger partial charge < -0.3 is 9.47 Å². The van der Waals surface area contributed by atoms with Gasteiger partial charge in [0.2, 0.25) is 0 Å². The van der Waals surface area contributed by atoms with E-state index in [0.717, 1.165) is 25.7 Å². The van der Waals surface area contributed by atoms with Crippen molar-refractivity contribution < 1.29 is 19.2 Å². The second-order valence-corrected chi connectivity index (χ2v) is 4.81. The predicted molar refractivity (Wildman–Crippen MR) is 71.9 cm³/mol. The Morgan fingerprint density at radius 3 is 2.60 bits per heavy atom. The highest BCUT2D eigenvalue weighted by molar-refractivity contribution is 5.90. The highest BCUT2D eigenvalue weighted by Crippen LogP contribution is 2.28. The number of nitro groups is 1. The number of rotatable bonds is 4. The van der Waals surface area contributed by atoms with Gasteiger partial charge in [-0.05, 0) is 37.8 Å². The summed E-state index contributed by atoms with van der Waals surface area (Å²) in [4.78, 5) is 22.3. The van der Waals surface area contributed by atoms with Gasteiger partial charge in [-0.2, -0.15) is 0 Å². The minimum absolute atomic E-state index is 0.0718. The number of nitrogens with zero attached hydrogens (tertiary/aromatic N) is 1. The third-order valence-corrected chi connectivity index (χ3v) is 3.44. The molecule has 0 aliphatic heterocycles. The fourth-order valence-electron chi connectivity index (χ4n) is 2.36. The summed E-state index contributed by atoms with van der Waals surface area (Å²) in [5.74, 6) is -0.383. The molecule has 1 aromatic rings. The van der Waals surface area contributed by atoms with Gasteiger partial charge in [-0.15, -0.1) is 0 Å². The molecule has 1 fully saturated rings. The summed E-state index contributed by atoms with van der Waals surface area (Å²) < 4.78 is 10.3. The number of benzene rings is 1. The maximum atomic E-state index is 12.0. The topological polar surface area (TPSA) is 78.7 Å². The van der Waals surface area contributed by atoms with Crippen LogP contribution in [0, 0.1) is 10.1 Å². The van der Waals surface area contributed by atoms with Crippen LogP contribution in [0.2, 0.25) is 0 Å². The van der Waals surface area contributed by atoms with E-state index < -0.39 is 10.9 Å². The monoisotopic (exact) mass is 279 g/mol. The standard InChI is InChI=1S/C14H17NO5/c1-19-13-8-7-10(9-12(13)15(17)18)14(16)20-11-5-3-2-4-6-11/h7-9,11H,2-6H2,1H3. The van der Waals surface area contributed by atoms with Gasteiger partial charge in [0.05, 0.1) is 17.6 Å². The van der Waals surface area contributed by atoms with Crippen molar-refractivity contribution in [2.75, 3.05) is 7.11 Å². The molecule has 0 radical (unpaired) electrons. The second kappa shape index (κ2) is 6.36. The lowest BCUT2D eigenvalue weighted by Gasteiger charge is -2.21. The van der Waals surface area contributed by atoms with Gasteiger partial charge in [-0.3, -0.25) is 10.1 Å². The van der Waals surface area contributed by atoms with Crippen LogP contribution in [0.4, 0.5) is 5.69 Å². The molecule has 0 bridgehead atoms. The quantitative estimate of drug-likeness (QED) is 0.480. The third-order valence-electron chi connectivity index (χ3n) is 3.44. The van der Waals surface area contributed by atoms with Crippen molar-refractivity contribution in [1.82, 2.24) is 0 Å². The number of methoxy groups -OCH3 is 1. The van der Waals surface area contributed by atoms with Crippen LogP contribution in [0.5, 0.6) is 5.75 Å². The van der Waals surface area contributed by atoms with E-state index >= 15 is 0 Å². The lowest BCUT2D eigenvalue weighted by atomic mass is 9.98. The van der Waals surface area contributed by atoms with Crippen LogP contribution < -0.4 is 4.74 Å². The van der Waals surface area contributed by atoms with Crippen LogP contribution in [0.25, 0.3) is 0 Å². The molecule has 0 spiro atoms. The number of hydrogen-bond acceptors (Lipinski definition) is 5. The Morgan fingerprint density at radius 1 is 1.30 bits per heavy atom. The Bertz CT molecular complexity index is 508. The van der Waals surface area contributed by atoms with Crippen LogP contribution in [-0.2, 0) is 4.74 Å². The molecule has 0 atom stereocenters. The molecule has 1 saturated carbocycles. The molecule has 1 aliphatic rings. The van der Waals surface area contributed by atoms with Gasteiger partial charge in [0, 0.05) is 6.07 Å². The fraction of sp³-hybridized carbons (Fsp3) is 0.500. The van der Waals surface area contributed by atoms with Crippen molar-refractivity contribution in [3.05, 3.63) is 33.9 Å². The summed E-state index contributed by atoms with van der Waals surface area (Å²) in [7, 11) is 1.35. The molecule has 6 heteroatoms. The summed E-state index contributed by atoms with van der Waals surface area (Å²) in [5.41, 5.74) is -0.0475.